The zero-order valence-electron chi connectivity index (χ0n) is 17.7. The second kappa shape index (κ2) is 21.7. The van der Waals surface area contributed by atoms with Crippen molar-refractivity contribution in [1.82, 2.24) is 4.98 Å². The highest BCUT2D eigenvalue weighted by Crippen LogP contribution is 2.13. The Bertz CT molecular complexity index is 536. The summed E-state index contributed by atoms with van der Waals surface area (Å²) in [4.78, 5) is 13.1. The Balaban J connectivity index is -0.000000725. The first kappa shape index (κ1) is 27.6. The van der Waals surface area contributed by atoms with Gasteiger partial charge < -0.3 is 0 Å². The van der Waals surface area contributed by atoms with Crippen LogP contribution in [0.2, 0.25) is 0 Å². The fourth-order valence-electron chi connectivity index (χ4n) is 1.35. The van der Waals surface area contributed by atoms with Crippen LogP contribution in [0.4, 0.5) is 0 Å². The maximum absolute atomic E-state index is 4.57. The highest BCUT2D eigenvalue weighted by Gasteiger charge is 2.02. The van der Waals surface area contributed by atoms with Gasteiger partial charge >= 0.3 is 0 Å². The van der Waals surface area contributed by atoms with Crippen LogP contribution in [-0.4, -0.2) is 16.4 Å². The van der Waals surface area contributed by atoms with E-state index in [4.69, 9.17) is 0 Å². The summed E-state index contributed by atoms with van der Waals surface area (Å²) in [5.41, 5.74) is 3.34. The molecule has 0 radical (unpaired) electrons. The maximum atomic E-state index is 4.57. The minimum atomic E-state index is 0.781. The molecule has 3 nitrogen and oxygen atoms in total. The van der Waals surface area contributed by atoms with Gasteiger partial charge in [-0.2, -0.15) is 0 Å². The summed E-state index contributed by atoms with van der Waals surface area (Å²) in [5.74, 6) is 0. The van der Waals surface area contributed by atoms with Crippen molar-refractivity contribution in [3.05, 3.63) is 61.1 Å². The number of hydrogen-bond acceptors (Lipinski definition) is 3. The first-order chi connectivity index (χ1) is 12.2. The van der Waals surface area contributed by atoms with Gasteiger partial charge in [0, 0.05) is 12.4 Å². The molecule has 0 spiro atoms. The van der Waals surface area contributed by atoms with E-state index in [9.17, 15) is 0 Å². The second-order valence-corrected chi connectivity index (χ2v) is 3.90. The van der Waals surface area contributed by atoms with Gasteiger partial charge in [0.2, 0.25) is 0 Å². The third-order valence-corrected chi connectivity index (χ3v) is 2.43. The Hall–Kier alpha value is -2.29. The van der Waals surface area contributed by atoms with Gasteiger partial charge in [-0.3, -0.25) is 9.98 Å². The van der Waals surface area contributed by atoms with E-state index in [2.05, 4.69) is 21.5 Å². The Morgan fingerprint density at radius 3 is 2.04 bits per heavy atom. The molecular formula is C22H37N3. The maximum Gasteiger partial charge on any atom is 0.0889 e. The molecule has 0 aliphatic heterocycles. The van der Waals surface area contributed by atoms with Crippen molar-refractivity contribution >= 4 is 17.1 Å². The number of aliphatic imine (C=N–C) groups is 2. The Morgan fingerprint density at radius 2 is 1.60 bits per heavy atom. The standard InChI is InChI=1S/C16H19N3.3C2H6/c1-5-9-16(15-10-7-8-12-18-15)19-14(4)13(3)17-11-6-2;3*1-2/h5-12H,1H2,2-4H3;3*1-2H3/b11-6-,16-9-,17-13?,19-14?;;;. The Labute approximate surface area is 156 Å². The van der Waals surface area contributed by atoms with E-state index in [1.807, 2.05) is 92.7 Å². The first-order valence-electron chi connectivity index (χ1n) is 9.14. The number of allylic oxidation sites excluding steroid dienone is 3. The lowest BCUT2D eigenvalue weighted by molar-refractivity contribution is 1.25. The molecule has 0 N–H and O–H groups in total. The summed E-state index contributed by atoms with van der Waals surface area (Å²) in [6.45, 7) is 21.5. The molecule has 1 rings (SSSR count). The van der Waals surface area contributed by atoms with Crippen LogP contribution in [0.25, 0.3) is 5.70 Å². The SMILES string of the molecule is C=C/C=C(\N=C(C)C(C)=N/C=C\C)c1ccccn1.CC.CC.CC. The summed E-state index contributed by atoms with van der Waals surface area (Å²) in [6, 6.07) is 5.74. The second-order valence-electron chi connectivity index (χ2n) is 3.90. The average Bonchev–Trinajstić information content (AvgIpc) is 2.71. The molecule has 1 aromatic heterocycles. The zero-order valence-corrected chi connectivity index (χ0v) is 17.7. The molecule has 0 aliphatic rings. The summed E-state index contributed by atoms with van der Waals surface area (Å²) in [5, 5.41) is 0. The van der Waals surface area contributed by atoms with Crippen LogP contribution >= 0.6 is 0 Å². The monoisotopic (exact) mass is 343 g/mol. The molecular weight excluding hydrogens is 306 g/mol. The third kappa shape index (κ3) is 13.8. The molecule has 3 heteroatoms. The van der Waals surface area contributed by atoms with Gasteiger partial charge in [-0.1, -0.05) is 66.3 Å². The van der Waals surface area contributed by atoms with Crippen molar-refractivity contribution in [2.75, 3.05) is 0 Å². The molecule has 1 heterocycles. The van der Waals surface area contributed by atoms with Crippen molar-refractivity contribution in [3.63, 3.8) is 0 Å². The lowest BCUT2D eigenvalue weighted by Crippen LogP contribution is -2.05. The van der Waals surface area contributed by atoms with Crippen molar-refractivity contribution < 1.29 is 0 Å². The van der Waals surface area contributed by atoms with Crippen LogP contribution in [0.15, 0.2) is 65.4 Å². The fourth-order valence-corrected chi connectivity index (χ4v) is 1.35. The van der Waals surface area contributed by atoms with E-state index < -0.39 is 0 Å². The topological polar surface area (TPSA) is 37.6 Å². The lowest BCUT2D eigenvalue weighted by Gasteiger charge is -2.03. The van der Waals surface area contributed by atoms with Gasteiger partial charge in [0.1, 0.15) is 0 Å². The number of hydrogen-bond donors (Lipinski definition) is 0. The largest absolute Gasteiger partial charge is 0.260 e. The minimum absolute atomic E-state index is 0.781. The van der Waals surface area contributed by atoms with Gasteiger partial charge in [0.05, 0.1) is 22.8 Å². The molecule has 0 aromatic carbocycles. The predicted octanol–water partition coefficient (Wildman–Crippen LogP) is 7.14. The van der Waals surface area contributed by atoms with E-state index in [-0.39, 0.29) is 0 Å². The Kier molecular flexibility index (Phi) is 23.9. The van der Waals surface area contributed by atoms with Gasteiger partial charge in [-0.25, -0.2) is 4.99 Å². The van der Waals surface area contributed by atoms with E-state index in [1.165, 1.54) is 0 Å². The quantitative estimate of drug-likeness (QED) is 0.413. The molecule has 1 aromatic rings. The van der Waals surface area contributed by atoms with Crippen LogP contribution in [0, 0.1) is 0 Å². The van der Waals surface area contributed by atoms with Crippen molar-refractivity contribution in [1.29, 1.82) is 0 Å². The van der Waals surface area contributed by atoms with Gasteiger partial charge in [0.25, 0.3) is 0 Å². The zero-order chi connectivity index (χ0) is 20.1. The molecule has 0 fully saturated rings. The van der Waals surface area contributed by atoms with Gasteiger partial charge in [-0.05, 0) is 39.0 Å². The average molecular weight is 344 g/mol. The van der Waals surface area contributed by atoms with Crippen LogP contribution < -0.4 is 0 Å². The minimum Gasteiger partial charge on any atom is -0.260 e. The number of rotatable bonds is 5. The summed E-state index contributed by atoms with van der Waals surface area (Å²) in [6.07, 6.45) is 8.94. The van der Waals surface area contributed by atoms with Crippen molar-refractivity contribution in [2.45, 2.75) is 62.3 Å². The van der Waals surface area contributed by atoms with Crippen LogP contribution in [0.5, 0.6) is 0 Å². The van der Waals surface area contributed by atoms with E-state index in [0.717, 1.165) is 22.8 Å². The molecule has 0 atom stereocenters. The molecule has 0 bridgehead atoms. The predicted molar refractivity (Wildman–Crippen MR) is 117 cm³/mol. The number of aromatic nitrogens is 1. The van der Waals surface area contributed by atoms with E-state index >= 15 is 0 Å². The molecule has 0 amide bonds. The van der Waals surface area contributed by atoms with E-state index in [1.54, 1.807) is 18.5 Å². The molecule has 0 unspecified atom stereocenters. The molecule has 140 valence electrons. The number of pyridine rings is 1. The summed E-state index contributed by atoms with van der Waals surface area (Å²) in [7, 11) is 0. The van der Waals surface area contributed by atoms with E-state index in [0.29, 0.717) is 0 Å². The third-order valence-electron chi connectivity index (χ3n) is 2.43. The summed E-state index contributed by atoms with van der Waals surface area (Å²) < 4.78 is 0. The molecule has 25 heavy (non-hydrogen) atoms. The highest BCUT2D eigenvalue weighted by molar-refractivity contribution is 6.41. The fraction of sp³-hybridized carbons (Fsp3) is 0.409. The van der Waals surface area contributed by atoms with Crippen molar-refractivity contribution in [3.8, 4) is 0 Å². The Morgan fingerprint density at radius 1 is 1.00 bits per heavy atom. The smallest absolute Gasteiger partial charge is 0.0889 e. The molecule has 0 saturated carbocycles. The van der Waals surface area contributed by atoms with Gasteiger partial charge in [0.15, 0.2) is 0 Å². The summed E-state index contributed by atoms with van der Waals surface area (Å²) >= 11 is 0. The van der Waals surface area contributed by atoms with Crippen molar-refractivity contribution in [2.24, 2.45) is 9.98 Å². The van der Waals surface area contributed by atoms with Crippen LogP contribution in [0.3, 0.4) is 0 Å². The van der Waals surface area contributed by atoms with Crippen LogP contribution in [0.1, 0.15) is 68.0 Å². The normalized spacial score (nSPS) is 11.3. The first-order valence-corrected chi connectivity index (χ1v) is 9.14. The molecule has 0 aliphatic carbocycles. The van der Waals surface area contributed by atoms with Gasteiger partial charge in [-0.15, -0.1) is 0 Å². The molecule has 0 saturated heterocycles. The van der Waals surface area contributed by atoms with Crippen LogP contribution in [-0.2, 0) is 0 Å². The number of nitrogens with zero attached hydrogens (tertiary/aromatic N) is 3. The lowest BCUT2D eigenvalue weighted by atomic mass is 10.2. The highest BCUT2D eigenvalue weighted by atomic mass is 14.8.